The van der Waals surface area contributed by atoms with Crippen LogP contribution in [0, 0.1) is 0 Å². The summed E-state index contributed by atoms with van der Waals surface area (Å²) in [6, 6.07) is -0.436. The Hall–Kier alpha value is -1.22. The molecule has 1 N–H and O–H groups in total. The van der Waals surface area contributed by atoms with Crippen molar-refractivity contribution >= 4 is 5.91 Å². The molecular formula is C8H16N4O. The van der Waals surface area contributed by atoms with Gasteiger partial charge in [0, 0.05) is 11.0 Å². The van der Waals surface area contributed by atoms with E-state index < -0.39 is 6.04 Å². The van der Waals surface area contributed by atoms with Crippen molar-refractivity contribution in [1.29, 1.82) is 0 Å². The van der Waals surface area contributed by atoms with Gasteiger partial charge in [0.1, 0.15) is 6.04 Å². The van der Waals surface area contributed by atoms with Crippen LogP contribution in [0.2, 0.25) is 0 Å². The number of hydrogen-bond acceptors (Lipinski definition) is 2. The van der Waals surface area contributed by atoms with Crippen LogP contribution in [-0.4, -0.2) is 18.0 Å². The summed E-state index contributed by atoms with van der Waals surface area (Å²) in [4.78, 5) is 13.9. The van der Waals surface area contributed by atoms with E-state index in [1.165, 1.54) is 0 Å². The van der Waals surface area contributed by atoms with Crippen LogP contribution in [0.4, 0.5) is 0 Å². The van der Waals surface area contributed by atoms with Crippen molar-refractivity contribution in [2.24, 2.45) is 5.11 Å². The smallest absolute Gasteiger partial charge is 0.228 e. The Labute approximate surface area is 78.1 Å². The number of azide groups is 1. The van der Waals surface area contributed by atoms with Gasteiger partial charge in [-0.05, 0) is 25.3 Å². The molecule has 0 heterocycles. The van der Waals surface area contributed by atoms with Crippen LogP contribution in [0.15, 0.2) is 5.11 Å². The maximum atomic E-state index is 11.3. The first-order valence-corrected chi connectivity index (χ1v) is 4.50. The van der Waals surface area contributed by atoms with E-state index in [-0.39, 0.29) is 11.9 Å². The predicted octanol–water partition coefficient (Wildman–Crippen LogP) is 1.99. The van der Waals surface area contributed by atoms with Gasteiger partial charge in [0.15, 0.2) is 0 Å². The minimum Gasteiger partial charge on any atom is -0.353 e. The Morgan fingerprint density at radius 3 is 2.46 bits per heavy atom. The topological polar surface area (TPSA) is 77.9 Å². The molecule has 1 amide bonds. The molecule has 1 unspecified atom stereocenters. The average molecular weight is 184 g/mol. The van der Waals surface area contributed by atoms with Crippen molar-refractivity contribution in [2.75, 3.05) is 0 Å². The van der Waals surface area contributed by atoms with Gasteiger partial charge in [-0.2, -0.15) is 0 Å². The molecule has 0 aliphatic heterocycles. The van der Waals surface area contributed by atoms with Gasteiger partial charge in [0.05, 0.1) is 0 Å². The Balaban J connectivity index is 4.04. The van der Waals surface area contributed by atoms with Crippen molar-refractivity contribution in [1.82, 2.24) is 5.32 Å². The summed E-state index contributed by atoms with van der Waals surface area (Å²) in [6.45, 7) is 5.59. The molecule has 0 rings (SSSR count). The molecule has 1 atom stereocenters. The quantitative estimate of drug-likeness (QED) is 0.396. The maximum Gasteiger partial charge on any atom is 0.228 e. The van der Waals surface area contributed by atoms with Crippen molar-refractivity contribution in [2.45, 2.75) is 45.7 Å². The van der Waals surface area contributed by atoms with Gasteiger partial charge in [-0.3, -0.25) is 4.79 Å². The Morgan fingerprint density at radius 2 is 2.08 bits per heavy atom. The zero-order valence-electron chi connectivity index (χ0n) is 8.32. The Bertz CT molecular complexity index is 206. The van der Waals surface area contributed by atoms with Crippen LogP contribution in [0.25, 0.3) is 10.4 Å². The number of carbonyl (C=O) groups is 1. The molecule has 0 radical (unpaired) electrons. The predicted molar refractivity (Wildman–Crippen MR) is 51.1 cm³/mol. The second kappa shape index (κ2) is 6.31. The van der Waals surface area contributed by atoms with E-state index in [1.54, 1.807) is 6.92 Å². The molecule has 5 heteroatoms. The molecule has 0 saturated heterocycles. The standard InChI is InChI=1S/C8H16N4O/c1-4-7(5-2)10-8(13)6(3)11-12-9/h6-7H,4-5H2,1-3H3,(H,10,13). The molecule has 0 fully saturated rings. The Morgan fingerprint density at radius 1 is 1.54 bits per heavy atom. The van der Waals surface area contributed by atoms with Gasteiger partial charge in [0.25, 0.3) is 0 Å². The third-order valence-corrected chi connectivity index (χ3v) is 1.94. The lowest BCUT2D eigenvalue weighted by Gasteiger charge is -2.15. The maximum absolute atomic E-state index is 11.3. The highest BCUT2D eigenvalue weighted by Crippen LogP contribution is 1.98. The molecule has 74 valence electrons. The zero-order chi connectivity index (χ0) is 10.3. The summed E-state index contributed by atoms with van der Waals surface area (Å²) in [5.41, 5.74) is 8.11. The zero-order valence-corrected chi connectivity index (χ0v) is 8.32. The van der Waals surface area contributed by atoms with Crippen molar-refractivity contribution in [3.8, 4) is 0 Å². The number of carbonyl (C=O) groups excluding carboxylic acids is 1. The lowest BCUT2D eigenvalue weighted by molar-refractivity contribution is -0.122. The number of rotatable bonds is 5. The van der Waals surface area contributed by atoms with Crippen LogP contribution in [0.1, 0.15) is 33.6 Å². The van der Waals surface area contributed by atoms with E-state index >= 15 is 0 Å². The summed E-state index contributed by atoms with van der Waals surface area (Å²) in [5.74, 6) is -0.202. The lowest BCUT2D eigenvalue weighted by Crippen LogP contribution is -2.38. The molecular weight excluding hydrogens is 168 g/mol. The van der Waals surface area contributed by atoms with E-state index in [2.05, 4.69) is 15.3 Å². The molecule has 0 aromatic heterocycles. The second-order valence-corrected chi connectivity index (χ2v) is 2.90. The lowest BCUT2D eigenvalue weighted by atomic mass is 10.1. The first-order chi connectivity index (χ1) is 6.15. The number of nitrogens with zero attached hydrogens (tertiary/aromatic N) is 3. The molecule has 0 saturated carbocycles. The molecule has 0 aliphatic carbocycles. The van der Waals surface area contributed by atoms with E-state index in [9.17, 15) is 4.79 Å². The molecule has 13 heavy (non-hydrogen) atoms. The van der Waals surface area contributed by atoms with Crippen LogP contribution >= 0.6 is 0 Å². The summed E-state index contributed by atoms with van der Waals surface area (Å²) in [5, 5.41) is 6.11. The first-order valence-electron chi connectivity index (χ1n) is 4.50. The van der Waals surface area contributed by atoms with Crippen LogP contribution in [-0.2, 0) is 4.79 Å². The van der Waals surface area contributed by atoms with E-state index in [0.717, 1.165) is 12.8 Å². The largest absolute Gasteiger partial charge is 0.353 e. The fourth-order valence-corrected chi connectivity index (χ4v) is 0.944. The normalized spacial score (nSPS) is 12.0. The third kappa shape index (κ3) is 4.38. The summed E-state index contributed by atoms with van der Waals surface area (Å²) in [7, 11) is 0. The van der Waals surface area contributed by atoms with E-state index in [4.69, 9.17) is 5.53 Å². The fraction of sp³-hybridized carbons (Fsp3) is 0.875. The van der Waals surface area contributed by atoms with Gasteiger partial charge in [-0.1, -0.05) is 19.0 Å². The van der Waals surface area contributed by atoms with E-state index in [0.29, 0.717) is 0 Å². The number of nitrogens with one attached hydrogen (secondary N) is 1. The number of amides is 1. The molecule has 0 bridgehead atoms. The van der Waals surface area contributed by atoms with Crippen LogP contribution < -0.4 is 5.32 Å². The number of hydrogen-bond donors (Lipinski definition) is 1. The monoisotopic (exact) mass is 184 g/mol. The van der Waals surface area contributed by atoms with Gasteiger partial charge >= 0.3 is 0 Å². The minimum atomic E-state index is -0.620. The summed E-state index contributed by atoms with van der Waals surface area (Å²) >= 11 is 0. The van der Waals surface area contributed by atoms with Crippen molar-refractivity contribution in [3.63, 3.8) is 0 Å². The highest BCUT2D eigenvalue weighted by Gasteiger charge is 2.13. The Kier molecular flexibility index (Phi) is 5.72. The van der Waals surface area contributed by atoms with Gasteiger partial charge in [0.2, 0.25) is 5.91 Å². The van der Waals surface area contributed by atoms with Crippen molar-refractivity contribution < 1.29 is 4.79 Å². The molecule has 0 aromatic carbocycles. The SMILES string of the molecule is CCC(CC)NC(=O)C(C)N=[N+]=[N-]. The highest BCUT2D eigenvalue weighted by molar-refractivity contribution is 5.81. The van der Waals surface area contributed by atoms with Gasteiger partial charge < -0.3 is 5.32 Å². The molecule has 5 nitrogen and oxygen atoms in total. The van der Waals surface area contributed by atoms with Gasteiger partial charge in [-0.15, -0.1) is 0 Å². The van der Waals surface area contributed by atoms with Crippen LogP contribution in [0.3, 0.4) is 0 Å². The molecule has 0 spiro atoms. The minimum absolute atomic E-state index is 0.184. The molecule has 0 aromatic rings. The molecule has 0 aliphatic rings. The van der Waals surface area contributed by atoms with Gasteiger partial charge in [-0.25, -0.2) is 0 Å². The van der Waals surface area contributed by atoms with Crippen LogP contribution in [0.5, 0.6) is 0 Å². The average Bonchev–Trinajstić information content (AvgIpc) is 2.14. The summed E-state index contributed by atoms with van der Waals surface area (Å²) in [6.07, 6.45) is 1.79. The fourth-order valence-electron chi connectivity index (χ4n) is 0.944. The van der Waals surface area contributed by atoms with Crippen molar-refractivity contribution in [3.05, 3.63) is 10.4 Å². The third-order valence-electron chi connectivity index (χ3n) is 1.94. The second-order valence-electron chi connectivity index (χ2n) is 2.90. The first kappa shape index (κ1) is 11.8. The highest BCUT2D eigenvalue weighted by atomic mass is 16.2. The van der Waals surface area contributed by atoms with E-state index in [1.807, 2.05) is 13.8 Å². The summed E-state index contributed by atoms with van der Waals surface area (Å²) < 4.78 is 0.